The molecule has 0 spiro atoms. The number of hydrogen-bond acceptors (Lipinski definition) is 2. The standard InChI is InChI=1S/C15H17Cl2NS/c1-3-6-18-15(13-4-5-14(17)19-13)11-7-10(2)8-12(16)9-11/h4-5,7-9,15,18H,3,6H2,1-2H3. The van der Waals surface area contributed by atoms with Gasteiger partial charge in [0, 0.05) is 9.90 Å². The Morgan fingerprint density at radius 2 is 2.00 bits per heavy atom. The molecule has 1 N–H and O–H groups in total. The summed E-state index contributed by atoms with van der Waals surface area (Å²) in [6, 6.07) is 10.4. The molecule has 1 unspecified atom stereocenters. The molecule has 1 heterocycles. The van der Waals surface area contributed by atoms with Crippen LogP contribution in [0.5, 0.6) is 0 Å². The predicted molar refractivity (Wildman–Crippen MR) is 85.7 cm³/mol. The first-order chi connectivity index (χ1) is 9.10. The summed E-state index contributed by atoms with van der Waals surface area (Å²) in [4.78, 5) is 1.22. The van der Waals surface area contributed by atoms with Crippen LogP contribution in [-0.2, 0) is 0 Å². The monoisotopic (exact) mass is 313 g/mol. The van der Waals surface area contributed by atoms with Gasteiger partial charge in [-0.05, 0) is 55.3 Å². The molecule has 2 rings (SSSR count). The first-order valence-corrected chi connectivity index (χ1v) is 7.93. The van der Waals surface area contributed by atoms with Crippen LogP contribution in [0.4, 0.5) is 0 Å². The Labute approximate surface area is 128 Å². The van der Waals surface area contributed by atoms with Crippen molar-refractivity contribution in [3.63, 3.8) is 0 Å². The minimum absolute atomic E-state index is 0.162. The summed E-state index contributed by atoms with van der Waals surface area (Å²) < 4.78 is 0.817. The van der Waals surface area contributed by atoms with Crippen LogP contribution in [0.1, 0.15) is 35.4 Å². The van der Waals surface area contributed by atoms with Gasteiger partial charge in [0.15, 0.2) is 0 Å². The molecule has 1 aromatic carbocycles. The van der Waals surface area contributed by atoms with E-state index in [0.29, 0.717) is 0 Å². The Bertz CT molecular complexity index is 531. The lowest BCUT2D eigenvalue weighted by molar-refractivity contribution is 0.605. The number of aryl methyl sites for hydroxylation is 1. The van der Waals surface area contributed by atoms with Gasteiger partial charge in [0.1, 0.15) is 0 Å². The van der Waals surface area contributed by atoms with Crippen LogP contribution in [0, 0.1) is 6.92 Å². The van der Waals surface area contributed by atoms with Gasteiger partial charge in [-0.2, -0.15) is 0 Å². The van der Waals surface area contributed by atoms with Crippen LogP contribution in [-0.4, -0.2) is 6.54 Å². The van der Waals surface area contributed by atoms with Crippen molar-refractivity contribution in [2.24, 2.45) is 0 Å². The molecule has 0 fully saturated rings. The maximum absolute atomic E-state index is 6.17. The number of rotatable bonds is 5. The lowest BCUT2D eigenvalue weighted by atomic mass is 10.0. The third kappa shape index (κ3) is 3.96. The van der Waals surface area contributed by atoms with Crippen molar-refractivity contribution in [3.05, 3.63) is 55.7 Å². The zero-order chi connectivity index (χ0) is 13.8. The van der Waals surface area contributed by atoms with Crippen LogP contribution in [0.15, 0.2) is 30.3 Å². The smallest absolute Gasteiger partial charge is 0.0931 e. The van der Waals surface area contributed by atoms with E-state index in [2.05, 4.69) is 31.3 Å². The van der Waals surface area contributed by atoms with Crippen molar-refractivity contribution < 1.29 is 0 Å². The molecule has 4 heteroatoms. The molecule has 19 heavy (non-hydrogen) atoms. The number of nitrogens with one attached hydrogen (secondary N) is 1. The quantitative estimate of drug-likeness (QED) is 0.773. The van der Waals surface area contributed by atoms with Gasteiger partial charge in [-0.3, -0.25) is 0 Å². The van der Waals surface area contributed by atoms with Gasteiger partial charge in [-0.15, -0.1) is 11.3 Å². The third-order valence-electron chi connectivity index (χ3n) is 2.87. The lowest BCUT2D eigenvalue weighted by Gasteiger charge is -2.18. The molecule has 0 aliphatic carbocycles. The number of benzene rings is 1. The van der Waals surface area contributed by atoms with Crippen molar-refractivity contribution in [1.82, 2.24) is 5.32 Å². The van der Waals surface area contributed by atoms with Gasteiger partial charge >= 0.3 is 0 Å². The molecule has 0 saturated heterocycles. The number of hydrogen-bond donors (Lipinski definition) is 1. The topological polar surface area (TPSA) is 12.0 Å². The minimum Gasteiger partial charge on any atom is -0.306 e. The highest BCUT2D eigenvalue weighted by Gasteiger charge is 2.16. The summed E-state index contributed by atoms with van der Waals surface area (Å²) in [6.07, 6.45) is 1.09. The van der Waals surface area contributed by atoms with Gasteiger partial charge in [0.25, 0.3) is 0 Å². The predicted octanol–water partition coefficient (Wildman–Crippen LogP) is 5.45. The summed E-state index contributed by atoms with van der Waals surface area (Å²) in [5.74, 6) is 0. The molecule has 0 bridgehead atoms. The fourth-order valence-electron chi connectivity index (χ4n) is 2.09. The van der Waals surface area contributed by atoms with E-state index in [1.807, 2.05) is 18.2 Å². The van der Waals surface area contributed by atoms with E-state index >= 15 is 0 Å². The molecule has 0 radical (unpaired) electrons. The first-order valence-electron chi connectivity index (χ1n) is 6.36. The molecule has 1 atom stereocenters. The zero-order valence-electron chi connectivity index (χ0n) is 11.0. The van der Waals surface area contributed by atoms with Crippen molar-refractivity contribution >= 4 is 34.5 Å². The Hall–Kier alpha value is -0.540. The van der Waals surface area contributed by atoms with Crippen molar-refractivity contribution in [2.75, 3.05) is 6.54 Å². The lowest BCUT2D eigenvalue weighted by Crippen LogP contribution is -2.22. The SMILES string of the molecule is CCCNC(c1cc(C)cc(Cl)c1)c1ccc(Cl)s1. The molecule has 0 amide bonds. The Morgan fingerprint density at radius 1 is 1.21 bits per heavy atom. The second-order valence-electron chi connectivity index (χ2n) is 4.59. The molecule has 0 aliphatic rings. The summed E-state index contributed by atoms with van der Waals surface area (Å²) in [7, 11) is 0. The maximum Gasteiger partial charge on any atom is 0.0931 e. The molecule has 1 nitrogen and oxygen atoms in total. The Kier molecular flexibility index (Phi) is 5.28. The van der Waals surface area contributed by atoms with E-state index in [1.165, 1.54) is 16.0 Å². The fourth-order valence-corrected chi connectivity index (χ4v) is 3.55. The van der Waals surface area contributed by atoms with Gasteiger partial charge < -0.3 is 5.32 Å². The van der Waals surface area contributed by atoms with E-state index in [-0.39, 0.29) is 6.04 Å². The largest absolute Gasteiger partial charge is 0.306 e. The summed E-state index contributed by atoms with van der Waals surface area (Å²) in [6.45, 7) is 5.19. The van der Waals surface area contributed by atoms with Gasteiger partial charge in [-0.1, -0.05) is 36.2 Å². The highest BCUT2D eigenvalue weighted by atomic mass is 35.5. The highest BCUT2D eigenvalue weighted by Crippen LogP contribution is 2.32. The molecular weight excluding hydrogens is 297 g/mol. The van der Waals surface area contributed by atoms with Crippen LogP contribution >= 0.6 is 34.5 Å². The van der Waals surface area contributed by atoms with Gasteiger partial charge in [0.2, 0.25) is 0 Å². The van der Waals surface area contributed by atoms with E-state index in [4.69, 9.17) is 23.2 Å². The van der Waals surface area contributed by atoms with Crippen LogP contribution in [0.2, 0.25) is 9.36 Å². The normalized spacial score (nSPS) is 12.6. The first kappa shape index (κ1) is 14.9. The molecular formula is C15H17Cl2NS. The van der Waals surface area contributed by atoms with Crippen LogP contribution in [0.3, 0.4) is 0 Å². The van der Waals surface area contributed by atoms with E-state index in [0.717, 1.165) is 22.3 Å². The van der Waals surface area contributed by atoms with Gasteiger partial charge in [0.05, 0.1) is 10.4 Å². The second kappa shape index (κ2) is 6.76. The van der Waals surface area contributed by atoms with E-state index in [9.17, 15) is 0 Å². The maximum atomic E-state index is 6.17. The average molecular weight is 314 g/mol. The van der Waals surface area contributed by atoms with Crippen LogP contribution < -0.4 is 5.32 Å². The fraction of sp³-hybridized carbons (Fsp3) is 0.333. The molecule has 1 aromatic heterocycles. The highest BCUT2D eigenvalue weighted by molar-refractivity contribution is 7.16. The summed E-state index contributed by atoms with van der Waals surface area (Å²) in [5.41, 5.74) is 2.37. The molecule has 102 valence electrons. The number of thiophene rings is 1. The van der Waals surface area contributed by atoms with Gasteiger partial charge in [-0.25, -0.2) is 0 Å². The molecule has 0 saturated carbocycles. The Balaban J connectivity index is 2.36. The summed E-state index contributed by atoms with van der Waals surface area (Å²) >= 11 is 13.8. The summed E-state index contributed by atoms with van der Waals surface area (Å²) in [5, 5.41) is 4.34. The zero-order valence-corrected chi connectivity index (χ0v) is 13.4. The Morgan fingerprint density at radius 3 is 2.58 bits per heavy atom. The number of halogens is 2. The minimum atomic E-state index is 0.162. The van der Waals surface area contributed by atoms with Crippen molar-refractivity contribution in [3.8, 4) is 0 Å². The van der Waals surface area contributed by atoms with Crippen molar-refractivity contribution in [1.29, 1.82) is 0 Å². The average Bonchev–Trinajstić information content (AvgIpc) is 2.75. The second-order valence-corrected chi connectivity index (χ2v) is 6.77. The van der Waals surface area contributed by atoms with Crippen molar-refractivity contribution in [2.45, 2.75) is 26.3 Å². The van der Waals surface area contributed by atoms with E-state index in [1.54, 1.807) is 11.3 Å². The van der Waals surface area contributed by atoms with E-state index < -0.39 is 0 Å². The molecule has 2 aromatic rings. The van der Waals surface area contributed by atoms with Crippen LogP contribution in [0.25, 0.3) is 0 Å². The third-order valence-corrected chi connectivity index (χ3v) is 4.39. The molecule has 0 aliphatic heterocycles.